The lowest BCUT2D eigenvalue weighted by molar-refractivity contribution is 0.305. The summed E-state index contributed by atoms with van der Waals surface area (Å²) in [7, 11) is 3.96. The van der Waals surface area contributed by atoms with Crippen molar-refractivity contribution in [1.29, 1.82) is 0 Å². The molecule has 0 radical (unpaired) electrons. The predicted octanol–water partition coefficient (Wildman–Crippen LogP) is 4.93. The molecule has 166 valence electrons. The van der Waals surface area contributed by atoms with Crippen LogP contribution in [-0.4, -0.2) is 43.9 Å². The van der Waals surface area contributed by atoms with Crippen molar-refractivity contribution < 1.29 is 8.91 Å². The molecule has 2 aromatic heterocycles. The molecule has 2 heterocycles. The maximum atomic E-state index is 13.5. The Kier molecular flexibility index (Phi) is 6.66. The third-order valence-corrected chi connectivity index (χ3v) is 6.22. The standard InChI is InChI=1S/C23H25FN6OS/c1-5-16-6-8-17(9-7-16)21-25-20(31-28-21)14-32-23-27-26-22(15(2)29(3)4)30(23)19-12-10-18(24)11-13-19/h6-13,15H,5,14H2,1-4H3. The molecule has 0 N–H and O–H groups in total. The molecule has 0 bridgehead atoms. The van der Waals surface area contributed by atoms with Crippen molar-refractivity contribution in [2.24, 2.45) is 0 Å². The summed E-state index contributed by atoms with van der Waals surface area (Å²) in [6.07, 6.45) is 0.984. The fourth-order valence-electron chi connectivity index (χ4n) is 3.16. The van der Waals surface area contributed by atoms with E-state index in [1.165, 1.54) is 29.5 Å². The largest absolute Gasteiger partial charge is 0.338 e. The van der Waals surface area contributed by atoms with Gasteiger partial charge in [-0.2, -0.15) is 4.98 Å². The van der Waals surface area contributed by atoms with E-state index in [0.717, 1.165) is 23.5 Å². The van der Waals surface area contributed by atoms with E-state index in [0.29, 0.717) is 22.6 Å². The Labute approximate surface area is 190 Å². The number of nitrogens with zero attached hydrogens (tertiary/aromatic N) is 6. The second-order valence-electron chi connectivity index (χ2n) is 7.64. The molecule has 32 heavy (non-hydrogen) atoms. The molecule has 0 aliphatic heterocycles. The van der Waals surface area contributed by atoms with E-state index in [9.17, 15) is 4.39 Å². The molecule has 0 saturated carbocycles. The molecule has 7 nitrogen and oxygen atoms in total. The van der Waals surface area contributed by atoms with Crippen LogP contribution in [0.15, 0.2) is 58.2 Å². The topological polar surface area (TPSA) is 72.9 Å². The van der Waals surface area contributed by atoms with Gasteiger partial charge < -0.3 is 4.52 Å². The van der Waals surface area contributed by atoms with Gasteiger partial charge in [0.15, 0.2) is 11.0 Å². The van der Waals surface area contributed by atoms with Crippen molar-refractivity contribution in [2.45, 2.75) is 37.2 Å². The fraction of sp³-hybridized carbons (Fsp3) is 0.304. The van der Waals surface area contributed by atoms with Gasteiger partial charge in [0.25, 0.3) is 0 Å². The van der Waals surface area contributed by atoms with Crippen LogP contribution in [0.4, 0.5) is 4.39 Å². The third-order valence-electron chi connectivity index (χ3n) is 5.30. The molecule has 0 aliphatic rings. The summed E-state index contributed by atoms with van der Waals surface area (Å²) in [4.78, 5) is 6.57. The van der Waals surface area contributed by atoms with Crippen LogP contribution >= 0.6 is 11.8 Å². The Hall–Kier alpha value is -3.04. The summed E-state index contributed by atoms with van der Waals surface area (Å²) in [6.45, 7) is 4.17. The second kappa shape index (κ2) is 9.62. The highest BCUT2D eigenvalue weighted by molar-refractivity contribution is 7.98. The average molecular weight is 453 g/mol. The van der Waals surface area contributed by atoms with Crippen LogP contribution in [0.2, 0.25) is 0 Å². The Morgan fingerprint density at radius 2 is 1.78 bits per heavy atom. The molecule has 1 unspecified atom stereocenters. The molecule has 0 spiro atoms. The second-order valence-corrected chi connectivity index (χ2v) is 8.59. The van der Waals surface area contributed by atoms with Crippen LogP contribution in [0.3, 0.4) is 0 Å². The van der Waals surface area contributed by atoms with Crippen molar-refractivity contribution >= 4 is 11.8 Å². The minimum Gasteiger partial charge on any atom is -0.338 e. The summed E-state index contributed by atoms with van der Waals surface area (Å²) >= 11 is 1.44. The number of aromatic nitrogens is 5. The molecule has 1 atom stereocenters. The summed E-state index contributed by atoms with van der Waals surface area (Å²) in [5, 5.41) is 13.6. The number of benzene rings is 2. The first-order valence-corrected chi connectivity index (χ1v) is 11.4. The van der Waals surface area contributed by atoms with Crippen molar-refractivity contribution in [1.82, 2.24) is 29.8 Å². The monoisotopic (exact) mass is 452 g/mol. The van der Waals surface area contributed by atoms with E-state index in [1.54, 1.807) is 12.1 Å². The van der Waals surface area contributed by atoms with Gasteiger partial charge in [-0.1, -0.05) is 48.1 Å². The average Bonchev–Trinajstić information content (AvgIpc) is 3.45. The smallest absolute Gasteiger partial charge is 0.237 e. The molecule has 9 heteroatoms. The Bertz CT molecular complexity index is 1170. The summed E-state index contributed by atoms with van der Waals surface area (Å²) in [6, 6.07) is 14.5. The number of halogens is 1. The normalized spacial score (nSPS) is 12.4. The van der Waals surface area contributed by atoms with Crippen LogP contribution in [0, 0.1) is 5.82 Å². The maximum Gasteiger partial charge on any atom is 0.237 e. The molecule has 0 aliphatic carbocycles. The first kappa shape index (κ1) is 22.2. The van der Waals surface area contributed by atoms with E-state index in [2.05, 4.69) is 39.4 Å². The van der Waals surface area contributed by atoms with E-state index in [-0.39, 0.29) is 11.9 Å². The van der Waals surface area contributed by atoms with E-state index >= 15 is 0 Å². The maximum absolute atomic E-state index is 13.5. The SMILES string of the molecule is CCc1ccc(-c2noc(CSc3nnc(C(C)N(C)C)n3-c3ccc(F)cc3)n2)cc1. The van der Waals surface area contributed by atoms with E-state index in [4.69, 9.17) is 4.52 Å². The molecule has 2 aromatic carbocycles. The van der Waals surface area contributed by atoms with Crippen LogP contribution in [-0.2, 0) is 12.2 Å². The molecular weight excluding hydrogens is 427 g/mol. The van der Waals surface area contributed by atoms with Crippen molar-refractivity contribution in [3.8, 4) is 17.1 Å². The summed E-state index contributed by atoms with van der Waals surface area (Å²) in [5.74, 6) is 1.98. The van der Waals surface area contributed by atoms with Gasteiger partial charge >= 0.3 is 0 Å². The number of aryl methyl sites for hydroxylation is 1. The fourth-order valence-corrected chi connectivity index (χ4v) is 3.95. The van der Waals surface area contributed by atoms with Gasteiger partial charge in [0.05, 0.1) is 11.8 Å². The lowest BCUT2D eigenvalue weighted by Crippen LogP contribution is -2.20. The molecular formula is C23H25FN6OS. The summed E-state index contributed by atoms with van der Waals surface area (Å²) in [5.41, 5.74) is 2.97. The molecule has 0 amide bonds. The minimum absolute atomic E-state index is 0.0167. The number of thioether (sulfide) groups is 1. The highest BCUT2D eigenvalue weighted by Gasteiger charge is 2.21. The molecule has 4 rings (SSSR count). The highest BCUT2D eigenvalue weighted by atomic mass is 32.2. The number of hydrogen-bond donors (Lipinski definition) is 0. The first-order chi connectivity index (χ1) is 15.5. The van der Waals surface area contributed by atoms with Gasteiger partial charge in [-0.3, -0.25) is 9.47 Å². The van der Waals surface area contributed by atoms with E-state index < -0.39 is 0 Å². The van der Waals surface area contributed by atoms with Crippen LogP contribution in [0.25, 0.3) is 17.1 Å². The molecule has 0 fully saturated rings. The van der Waals surface area contributed by atoms with Crippen LogP contribution in [0.5, 0.6) is 0 Å². The lowest BCUT2D eigenvalue weighted by Gasteiger charge is -2.20. The number of hydrogen-bond acceptors (Lipinski definition) is 7. The van der Waals surface area contributed by atoms with Crippen molar-refractivity contribution in [3.63, 3.8) is 0 Å². The minimum atomic E-state index is -0.288. The Balaban J connectivity index is 1.57. The molecule has 4 aromatic rings. The zero-order chi connectivity index (χ0) is 22.7. The van der Waals surface area contributed by atoms with E-state index in [1.807, 2.05) is 42.6 Å². The zero-order valence-electron chi connectivity index (χ0n) is 18.5. The predicted molar refractivity (Wildman–Crippen MR) is 122 cm³/mol. The first-order valence-electron chi connectivity index (χ1n) is 10.4. The highest BCUT2D eigenvalue weighted by Crippen LogP contribution is 2.29. The van der Waals surface area contributed by atoms with Crippen LogP contribution < -0.4 is 0 Å². The van der Waals surface area contributed by atoms with Gasteiger partial charge in [0.2, 0.25) is 11.7 Å². The van der Waals surface area contributed by atoms with Gasteiger partial charge in [-0.25, -0.2) is 4.39 Å². The van der Waals surface area contributed by atoms with Crippen molar-refractivity contribution in [2.75, 3.05) is 14.1 Å². The van der Waals surface area contributed by atoms with Crippen molar-refractivity contribution in [3.05, 3.63) is 71.6 Å². The van der Waals surface area contributed by atoms with Gasteiger partial charge in [-0.15, -0.1) is 10.2 Å². The Morgan fingerprint density at radius 3 is 2.44 bits per heavy atom. The Morgan fingerprint density at radius 1 is 1.06 bits per heavy atom. The van der Waals surface area contributed by atoms with Gasteiger partial charge in [0, 0.05) is 11.3 Å². The zero-order valence-corrected chi connectivity index (χ0v) is 19.3. The third kappa shape index (κ3) is 4.73. The lowest BCUT2D eigenvalue weighted by atomic mass is 10.1. The summed E-state index contributed by atoms with van der Waals surface area (Å²) < 4.78 is 20.9. The number of rotatable bonds is 8. The van der Waals surface area contributed by atoms with Gasteiger partial charge in [-0.05, 0) is 57.3 Å². The van der Waals surface area contributed by atoms with Crippen LogP contribution in [0.1, 0.15) is 37.2 Å². The van der Waals surface area contributed by atoms with Gasteiger partial charge in [0.1, 0.15) is 5.82 Å². The molecule has 0 saturated heterocycles. The quantitative estimate of drug-likeness (QED) is 0.351.